The van der Waals surface area contributed by atoms with Crippen LogP contribution in [0, 0.1) is 0 Å². The number of aliphatic carboxylic acids is 1. The molecule has 0 amide bonds. The van der Waals surface area contributed by atoms with Crippen molar-refractivity contribution in [2.75, 3.05) is 11.9 Å². The topological polar surface area (TPSA) is 104 Å². The molecular weight excluding hydrogens is 319 g/mol. The van der Waals surface area contributed by atoms with Crippen LogP contribution in [0.1, 0.15) is 18.0 Å². The number of anilines is 1. The van der Waals surface area contributed by atoms with Gasteiger partial charge >= 0.3 is 23.3 Å². The van der Waals surface area contributed by atoms with Gasteiger partial charge in [-0.3, -0.25) is 19.0 Å². The first-order chi connectivity index (χ1) is 10.7. The zero-order valence-electron chi connectivity index (χ0n) is 11.4. The highest BCUT2D eigenvalue weighted by molar-refractivity contribution is 5.90. The Labute approximate surface area is 125 Å². The molecule has 1 atom stereocenters. The first-order valence-corrected chi connectivity index (χ1v) is 6.54. The minimum Gasteiger partial charge on any atom is -0.481 e. The molecule has 0 saturated heterocycles. The van der Waals surface area contributed by atoms with Crippen LogP contribution in [-0.4, -0.2) is 27.2 Å². The molecule has 1 aliphatic rings. The first kappa shape index (κ1) is 15.1. The van der Waals surface area contributed by atoms with Crippen LogP contribution in [0.3, 0.4) is 0 Å². The Morgan fingerprint density at radius 1 is 1.35 bits per heavy atom. The number of aromatic nitrogens is 2. The van der Waals surface area contributed by atoms with Gasteiger partial charge in [0.2, 0.25) is 0 Å². The van der Waals surface area contributed by atoms with Gasteiger partial charge in [0.05, 0.1) is 34.7 Å². The van der Waals surface area contributed by atoms with Gasteiger partial charge in [0.15, 0.2) is 0 Å². The Bertz CT molecular complexity index is 929. The van der Waals surface area contributed by atoms with Gasteiger partial charge in [-0.05, 0) is 12.1 Å². The van der Waals surface area contributed by atoms with Gasteiger partial charge in [0, 0.05) is 6.54 Å². The van der Waals surface area contributed by atoms with Crippen molar-refractivity contribution in [1.82, 2.24) is 9.55 Å². The molecule has 3 N–H and O–H groups in total. The fraction of sp³-hybridized carbons (Fsp3) is 0.308. The Morgan fingerprint density at radius 2 is 2.04 bits per heavy atom. The highest BCUT2D eigenvalue weighted by Crippen LogP contribution is 2.36. The van der Waals surface area contributed by atoms with E-state index < -0.39 is 41.3 Å². The predicted molar refractivity (Wildman–Crippen MR) is 73.6 cm³/mol. The molecule has 0 bridgehead atoms. The van der Waals surface area contributed by atoms with E-state index in [9.17, 15) is 27.6 Å². The average Bonchev–Trinajstić information content (AvgIpc) is 2.43. The minimum absolute atomic E-state index is 0.0183. The Kier molecular flexibility index (Phi) is 3.20. The van der Waals surface area contributed by atoms with Crippen LogP contribution in [0.15, 0.2) is 21.7 Å². The third-order valence-electron chi connectivity index (χ3n) is 3.64. The fourth-order valence-electron chi connectivity index (χ4n) is 2.71. The summed E-state index contributed by atoms with van der Waals surface area (Å²) in [7, 11) is 0. The smallest absolute Gasteiger partial charge is 0.416 e. The first-order valence-electron chi connectivity index (χ1n) is 6.54. The van der Waals surface area contributed by atoms with Crippen LogP contribution >= 0.6 is 0 Å². The molecule has 0 aliphatic carbocycles. The molecule has 1 unspecified atom stereocenters. The zero-order chi connectivity index (χ0) is 16.9. The van der Waals surface area contributed by atoms with E-state index in [1.807, 2.05) is 0 Å². The van der Waals surface area contributed by atoms with Crippen molar-refractivity contribution in [3.63, 3.8) is 0 Å². The number of nitrogens with one attached hydrogen (secondary N) is 2. The van der Waals surface area contributed by atoms with E-state index in [1.54, 1.807) is 0 Å². The SMILES string of the molecule is O=C(O)CC1CNc2cc(C(F)(F)F)cc3[nH]c(=O)c(=O)n1c23. The average molecular weight is 329 g/mol. The maximum absolute atomic E-state index is 12.9. The standard InChI is InChI=1S/C13H10F3N3O4/c14-13(15,16)5-1-7-10-8(2-5)18-11(22)12(23)19(10)6(4-17-7)3-9(20)21/h1-2,6,17H,3-4H2,(H,18,22)(H,20,21). The van der Waals surface area contributed by atoms with Gasteiger partial charge in [-0.2, -0.15) is 13.2 Å². The summed E-state index contributed by atoms with van der Waals surface area (Å²) in [6.45, 7) is -0.0704. The summed E-state index contributed by atoms with van der Waals surface area (Å²) in [6, 6.07) is 0.684. The van der Waals surface area contributed by atoms with Crippen molar-refractivity contribution < 1.29 is 23.1 Å². The van der Waals surface area contributed by atoms with E-state index in [1.165, 1.54) is 0 Å². The van der Waals surface area contributed by atoms with Crippen LogP contribution in [-0.2, 0) is 11.0 Å². The van der Waals surface area contributed by atoms with Crippen molar-refractivity contribution in [2.24, 2.45) is 0 Å². The van der Waals surface area contributed by atoms with Gasteiger partial charge in [-0.1, -0.05) is 0 Å². The summed E-state index contributed by atoms with van der Waals surface area (Å²) in [5, 5.41) is 11.6. The van der Waals surface area contributed by atoms with E-state index in [-0.39, 0.29) is 23.3 Å². The number of nitrogens with zero attached hydrogens (tertiary/aromatic N) is 1. The molecule has 10 heteroatoms. The molecule has 1 aromatic heterocycles. The van der Waals surface area contributed by atoms with E-state index in [0.717, 1.165) is 16.7 Å². The monoisotopic (exact) mass is 329 g/mol. The molecule has 0 fully saturated rings. The highest BCUT2D eigenvalue weighted by atomic mass is 19.4. The number of carboxylic acids is 1. The fourth-order valence-corrected chi connectivity index (χ4v) is 2.71. The summed E-state index contributed by atoms with van der Waals surface area (Å²) in [5.41, 5.74) is -3.18. The summed E-state index contributed by atoms with van der Waals surface area (Å²) in [5.74, 6) is -1.19. The quantitative estimate of drug-likeness (QED) is 0.717. The van der Waals surface area contributed by atoms with Crippen LogP contribution in [0.25, 0.3) is 11.0 Å². The largest absolute Gasteiger partial charge is 0.481 e. The molecular formula is C13H10F3N3O4. The Morgan fingerprint density at radius 3 is 2.65 bits per heavy atom. The number of alkyl halides is 3. The number of hydrogen-bond acceptors (Lipinski definition) is 4. The lowest BCUT2D eigenvalue weighted by molar-refractivity contribution is -0.138. The number of benzene rings is 1. The number of hydrogen-bond donors (Lipinski definition) is 3. The van der Waals surface area contributed by atoms with Crippen molar-refractivity contribution in [3.05, 3.63) is 38.4 Å². The number of H-pyrrole nitrogens is 1. The van der Waals surface area contributed by atoms with Crippen LogP contribution < -0.4 is 16.4 Å². The van der Waals surface area contributed by atoms with E-state index in [4.69, 9.17) is 5.11 Å². The lowest BCUT2D eigenvalue weighted by atomic mass is 10.1. The van der Waals surface area contributed by atoms with Crippen LogP contribution in [0.4, 0.5) is 18.9 Å². The summed E-state index contributed by atoms with van der Waals surface area (Å²) in [6.07, 6.45) is -5.06. The van der Waals surface area contributed by atoms with Gasteiger partial charge in [-0.15, -0.1) is 0 Å². The number of carbonyl (C=O) groups is 1. The lowest BCUT2D eigenvalue weighted by Crippen LogP contribution is -2.43. The second kappa shape index (κ2) is 4.86. The second-order valence-corrected chi connectivity index (χ2v) is 5.18. The molecule has 0 radical (unpaired) electrons. The van der Waals surface area contributed by atoms with Gasteiger partial charge in [-0.25, -0.2) is 0 Å². The normalized spacial score (nSPS) is 17.1. The second-order valence-electron chi connectivity index (χ2n) is 5.18. The van der Waals surface area contributed by atoms with Crippen molar-refractivity contribution >= 4 is 22.7 Å². The maximum atomic E-state index is 12.9. The van der Waals surface area contributed by atoms with E-state index >= 15 is 0 Å². The number of aromatic amines is 1. The zero-order valence-corrected chi connectivity index (χ0v) is 11.4. The molecule has 122 valence electrons. The van der Waals surface area contributed by atoms with Crippen LogP contribution in [0.2, 0.25) is 0 Å². The lowest BCUT2D eigenvalue weighted by Gasteiger charge is -2.28. The number of rotatable bonds is 2. The van der Waals surface area contributed by atoms with Gasteiger partial charge in [0.1, 0.15) is 0 Å². The molecule has 1 aliphatic heterocycles. The highest BCUT2D eigenvalue weighted by Gasteiger charge is 2.34. The molecule has 2 heterocycles. The maximum Gasteiger partial charge on any atom is 0.416 e. The van der Waals surface area contributed by atoms with Gasteiger partial charge < -0.3 is 15.4 Å². The van der Waals surface area contributed by atoms with Crippen molar-refractivity contribution in [3.8, 4) is 0 Å². The minimum atomic E-state index is -4.62. The summed E-state index contributed by atoms with van der Waals surface area (Å²) < 4.78 is 39.7. The third kappa shape index (κ3) is 2.45. The molecule has 7 nitrogen and oxygen atoms in total. The Hall–Kier alpha value is -2.78. The molecule has 23 heavy (non-hydrogen) atoms. The number of carboxylic acid groups (broad SMARTS) is 1. The molecule has 3 rings (SSSR count). The van der Waals surface area contributed by atoms with E-state index in [0.29, 0.717) is 0 Å². The molecule has 1 aromatic carbocycles. The number of halogens is 3. The van der Waals surface area contributed by atoms with Crippen molar-refractivity contribution in [1.29, 1.82) is 0 Å². The Balaban J connectivity index is 2.36. The van der Waals surface area contributed by atoms with Crippen molar-refractivity contribution in [2.45, 2.75) is 18.6 Å². The molecule has 0 saturated carbocycles. The van der Waals surface area contributed by atoms with E-state index in [2.05, 4.69) is 10.3 Å². The molecule has 2 aromatic rings. The van der Waals surface area contributed by atoms with Gasteiger partial charge in [0.25, 0.3) is 0 Å². The summed E-state index contributed by atoms with van der Waals surface area (Å²) >= 11 is 0. The molecule has 0 spiro atoms. The predicted octanol–water partition coefficient (Wildman–Crippen LogP) is 1.15. The summed E-state index contributed by atoms with van der Waals surface area (Å²) in [4.78, 5) is 36.8. The third-order valence-corrected chi connectivity index (χ3v) is 3.64. The van der Waals surface area contributed by atoms with Crippen LogP contribution in [0.5, 0.6) is 0 Å².